The van der Waals surface area contributed by atoms with Crippen LogP contribution in [0.15, 0.2) is 42.5 Å². The SMILES string of the molecule is O=C(NCC(O)c1ccc(F)cc1F)Nc1cccc(Cl)c1. The predicted molar refractivity (Wildman–Crippen MR) is 79.8 cm³/mol. The Morgan fingerprint density at radius 1 is 1.23 bits per heavy atom. The zero-order valence-corrected chi connectivity index (χ0v) is 12.1. The number of benzene rings is 2. The molecule has 4 nitrogen and oxygen atoms in total. The van der Waals surface area contributed by atoms with Crippen LogP contribution in [0.3, 0.4) is 0 Å². The van der Waals surface area contributed by atoms with Crippen molar-refractivity contribution in [3.63, 3.8) is 0 Å². The highest BCUT2D eigenvalue weighted by atomic mass is 35.5. The fourth-order valence-corrected chi connectivity index (χ4v) is 2.00. The summed E-state index contributed by atoms with van der Waals surface area (Å²) in [6.45, 7) is -0.227. The van der Waals surface area contributed by atoms with Crippen LogP contribution >= 0.6 is 11.6 Å². The van der Waals surface area contributed by atoms with E-state index in [2.05, 4.69) is 10.6 Å². The van der Waals surface area contributed by atoms with Gasteiger partial charge >= 0.3 is 6.03 Å². The zero-order chi connectivity index (χ0) is 16.1. The molecule has 0 saturated heterocycles. The summed E-state index contributed by atoms with van der Waals surface area (Å²) in [7, 11) is 0. The Labute approximate surface area is 130 Å². The Bertz CT molecular complexity index is 682. The van der Waals surface area contributed by atoms with Gasteiger partial charge < -0.3 is 15.7 Å². The molecule has 2 amide bonds. The van der Waals surface area contributed by atoms with E-state index in [1.54, 1.807) is 24.3 Å². The number of hydrogen-bond acceptors (Lipinski definition) is 2. The molecule has 22 heavy (non-hydrogen) atoms. The number of aliphatic hydroxyl groups excluding tert-OH is 1. The van der Waals surface area contributed by atoms with Gasteiger partial charge in [0.1, 0.15) is 11.6 Å². The van der Waals surface area contributed by atoms with E-state index in [1.807, 2.05) is 0 Å². The standard InChI is InChI=1S/C15H13ClF2N2O2/c16-9-2-1-3-11(6-9)20-15(22)19-8-14(21)12-5-4-10(17)7-13(12)18/h1-7,14,21H,8H2,(H2,19,20,22). The topological polar surface area (TPSA) is 61.4 Å². The highest BCUT2D eigenvalue weighted by Gasteiger charge is 2.14. The Morgan fingerprint density at radius 2 is 2.00 bits per heavy atom. The van der Waals surface area contributed by atoms with Crippen molar-refractivity contribution >= 4 is 23.3 Å². The van der Waals surface area contributed by atoms with E-state index >= 15 is 0 Å². The minimum atomic E-state index is -1.29. The highest BCUT2D eigenvalue weighted by Crippen LogP contribution is 2.18. The van der Waals surface area contributed by atoms with E-state index in [0.29, 0.717) is 16.8 Å². The number of anilines is 1. The van der Waals surface area contributed by atoms with E-state index in [4.69, 9.17) is 11.6 Å². The van der Waals surface area contributed by atoms with Crippen LogP contribution in [0.4, 0.5) is 19.3 Å². The lowest BCUT2D eigenvalue weighted by molar-refractivity contribution is 0.170. The van der Waals surface area contributed by atoms with Crippen molar-refractivity contribution in [2.45, 2.75) is 6.10 Å². The summed E-state index contributed by atoms with van der Waals surface area (Å²) in [5.74, 6) is -1.61. The third-order valence-electron chi connectivity index (χ3n) is 2.86. The van der Waals surface area contributed by atoms with Crippen LogP contribution in [0.5, 0.6) is 0 Å². The van der Waals surface area contributed by atoms with Crippen molar-refractivity contribution in [2.75, 3.05) is 11.9 Å². The van der Waals surface area contributed by atoms with Gasteiger partial charge in [0.2, 0.25) is 0 Å². The molecule has 0 saturated carbocycles. The minimum absolute atomic E-state index is 0.0931. The maximum Gasteiger partial charge on any atom is 0.319 e. The molecule has 0 fully saturated rings. The molecule has 1 unspecified atom stereocenters. The van der Waals surface area contributed by atoms with E-state index in [1.165, 1.54) is 0 Å². The monoisotopic (exact) mass is 326 g/mol. The van der Waals surface area contributed by atoms with E-state index in [9.17, 15) is 18.7 Å². The highest BCUT2D eigenvalue weighted by molar-refractivity contribution is 6.30. The Hall–Kier alpha value is -2.18. The van der Waals surface area contributed by atoms with Gasteiger partial charge in [-0.25, -0.2) is 13.6 Å². The van der Waals surface area contributed by atoms with Crippen LogP contribution in [0.1, 0.15) is 11.7 Å². The molecule has 0 bridgehead atoms. The number of hydrogen-bond donors (Lipinski definition) is 3. The molecule has 3 N–H and O–H groups in total. The molecule has 1 atom stereocenters. The Morgan fingerprint density at radius 3 is 2.68 bits per heavy atom. The summed E-state index contributed by atoms with van der Waals surface area (Å²) in [5, 5.41) is 15.2. The van der Waals surface area contributed by atoms with E-state index in [-0.39, 0.29) is 12.1 Å². The number of rotatable bonds is 4. The van der Waals surface area contributed by atoms with Crippen LogP contribution < -0.4 is 10.6 Å². The van der Waals surface area contributed by atoms with Crippen LogP contribution in [0.25, 0.3) is 0 Å². The largest absolute Gasteiger partial charge is 0.386 e. The maximum atomic E-state index is 13.5. The van der Waals surface area contributed by atoms with Gasteiger partial charge in [0, 0.05) is 28.9 Å². The lowest BCUT2D eigenvalue weighted by atomic mass is 10.1. The second-order valence-corrected chi connectivity index (χ2v) is 4.96. The molecule has 0 aliphatic rings. The first-order valence-corrected chi connectivity index (χ1v) is 6.77. The number of carbonyl (C=O) groups is 1. The molecule has 116 valence electrons. The van der Waals surface area contributed by atoms with Crippen LogP contribution in [0.2, 0.25) is 5.02 Å². The summed E-state index contributed by atoms with van der Waals surface area (Å²) < 4.78 is 26.3. The summed E-state index contributed by atoms with van der Waals surface area (Å²) in [6, 6.07) is 8.78. The van der Waals surface area contributed by atoms with Crippen LogP contribution in [0, 0.1) is 11.6 Å². The van der Waals surface area contributed by atoms with E-state index in [0.717, 1.165) is 12.1 Å². The molecule has 0 aromatic heterocycles. The maximum absolute atomic E-state index is 13.5. The average Bonchev–Trinajstić information content (AvgIpc) is 2.45. The molecule has 7 heteroatoms. The molecular formula is C15H13ClF2N2O2. The van der Waals surface area contributed by atoms with Crippen molar-refractivity contribution in [3.8, 4) is 0 Å². The number of carbonyl (C=O) groups excluding carboxylic acids is 1. The molecule has 0 heterocycles. The summed E-state index contributed by atoms with van der Waals surface area (Å²) >= 11 is 5.78. The van der Waals surface area contributed by atoms with Gasteiger partial charge in [0.05, 0.1) is 6.10 Å². The second-order valence-electron chi connectivity index (χ2n) is 4.53. The van der Waals surface area contributed by atoms with Gasteiger partial charge in [-0.15, -0.1) is 0 Å². The first kappa shape index (κ1) is 16.2. The summed E-state index contributed by atoms with van der Waals surface area (Å²) in [6.07, 6.45) is -1.29. The number of urea groups is 1. The van der Waals surface area contributed by atoms with Crippen LogP contribution in [-0.2, 0) is 0 Å². The summed E-state index contributed by atoms with van der Waals surface area (Å²) in [5.41, 5.74) is 0.386. The number of halogens is 3. The predicted octanol–water partition coefficient (Wildman–Crippen LogP) is 3.47. The number of nitrogens with one attached hydrogen (secondary N) is 2. The smallest absolute Gasteiger partial charge is 0.319 e. The lowest BCUT2D eigenvalue weighted by Gasteiger charge is -2.14. The summed E-state index contributed by atoms with van der Waals surface area (Å²) in [4.78, 5) is 11.7. The van der Waals surface area contributed by atoms with Gasteiger partial charge in [-0.1, -0.05) is 23.7 Å². The fourth-order valence-electron chi connectivity index (χ4n) is 1.81. The average molecular weight is 327 g/mol. The Kier molecular flexibility index (Phi) is 5.30. The quantitative estimate of drug-likeness (QED) is 0.805. The molecular weight excluding hydrogens is 314 g/mol. The molecule has 0 radical (unpaired) electrons. The molecule has 2 aromatic rings. The number of amides is 2. The van der Waals surface area contributed by atoms with Gasteiger partial charge in [-0.2, -0.15) is 0 Å². The normalized spacial score (nSPS) is 11.8. The van der Waals surface area contributed by atoms with Crippen molar-refractivity contribution < 1.29 is 18.7 Å². The minimum Gasteiger partial charge on any atom is -0.386 e. The second kappa shape index (κ2) is 7.20. The third kappa shape index (κ3) is 4.41. The fraction of sp³-hybridized carbons (Fsp3) is 0.133. The molecule has 0 aliphatic heterocycles. The number of aliphatic hydroxyl groups is 1. The molecule has 2 aromatic carbocycles. The van der Waals surface area contributed by atoms with Gasteiger partial charge in [-0.3, -0.25) is 0 Å². The van der Waals surface area contributed by atoms with Gasteiger partial charge in [0.15, 0.2) is 0 Å². The lowest BCUT2D eigenvalue weighted by Crippen LogP contribution is -2.32. The van der Waals surface area contributed by atoms with Crippen molar-refractivity contribution in [2.24, 2.45) is 0 Å². The van der Waals surface area contributed by atoms with Crippen molar-refractivity contribution in [1.29, 1.82) is 0 Å². The third-order valence-corrected chi connectivity index (χ3v) is 3.10. The zero-order valence-electron chi connectivity index (χ0n) is 11.3. The molecule has 2 rings (SSSR count). The molecule has 0 spiro atoms. The van der Waals surface area contributed by atoms with Crippen molar-refractivity contribution in [1.82, 2.24) is 5.32 Å². The first-order chi connectivity index (χ1) is 10.5. The van der Waals surface area contributed by atoms with Crippen molar-refractivity contribution in [3.05, 3.63) is 64.7 Å². The van der Waals surface area contributed by atoms with Gasteiger partial charge in [0.25, 0.3) is 0 Å². The first-order valence-electron chi connectivity index (χ1n) is 6.39. The molecule has 0 aliphatic carbocycles. The van der Waals surface area contributed by atoms with Gasteiger partial charge in [-0.05, 0) is 24.3 Å². The van der Waals surface area contributed by atoms with E-state index < -0.39 is 23.8 Å². The Balaban J connectivity index is 1.90. The van der Waals surface area contributed by atoms with Crippen LogP contribution in [-0.4, -0.2) is 17.7 Å².